The Morgan fingerprint density at radius 3 is 2.62 bits per heavy atom. The second-order valence-electron chi connectivity index (χ2n) is 5.41. The number of anilines is 2. The Kier molecular flexibility index (Phi) is 4.57. The van der Waals surface area contributed by atoms with Crippen LogP contribution in [0.2, 0.25) is 5.02 Å². The van der Waals surface area contributed by atoms with Crippen molar-refractivity contribution in [1.82, 2.24) is 9.78 Å². The highest BCUT2D eigenvalue weighted by Gasteiger charge is 2.19. The van der Waals surface area contributed by atoms with Crippen LogP contribution in [0.5, 0.6) is 0 Å². The van der Waals surface area contributed by atoms with E-state index in [1.807, 2.05) is 19.1 Å². The molecule has 0 spiro atoms. The fourth-order valence-corrected chi connectivity index (χ4v) is 2.40. The number of rotatable bonds is 4. The lowest BCUT2D eigenvalue weighted by molar-refractivity contribution is 0.256. The first-order valence-electron chi connectivity index (χ1n) is 7.39. The Labute approximate surface area is 144 Å². The number of benzene rings is 1. The normalized spacial score (nSPS) is 10.6. The van der Waals surface area contributed by atoms with Crippen LogP contribution in [0.1, 0.15) is 11.5 Å². The number of halogens is 1. The summed E-state index contributed by atoms with van der Waals surface area (Å²) in [6, 6.07) is 10.4. The third kappa shape index (κ3) is 3.78. The number of aromatic nitrogens is 2. The van der Waals surface area contributed by atoms with Gasteiger partial charge in [-0.05, 0) is 43.3 Å². The number of hydrogen-bond donors (Lipinski definition) is 1. The summed E-state index contributed by atoms with van der Waals surface area (Å²) in [5.74, 6) is 1.50. The highest BCUT2D eigenvalue weighted by molar-refractivity contribution is 6.30. The van der Waals surface area contributed by atoms with E-state index in [2.05, 4.69) is 10.4 Å². The van der Waals surface area contributed by atoms with Gasteiger partial charge in [-0.25, -0.2) is 4.79 Å². The number of nitrogens with one attached hydrogen (secondary N) is 1. The first kappa shape index (κ1) is 16.1. The maximum Gasteiger partial charge on any atom is 0.326 e. The van der Waals surface area contributed by atoms with Gasteiger partial charge < -0.3 is 9.73 Å². The van der Waals surface area contributed by atoms with Crippen LogP contribution in [0, 0.1) is 6.92 Å². The second kappa shape index (κ2) is 6.80. The molecule has 0 aliphatic heterocycles. The number of urea groups is 1. The fraction of sp³-hybridized carbons (Fsp3) is 0.176. The third-order valence-electron chi connectivity index (χ3n) is 3.45. The van der Waals surface area contributed by atoms with Gasteiger partial charge >= 0.3 is 6.03 Å². The van der Waals surface area contributed by atoms with Gasteiger partial charge in [0.2, 0.25) is 0 Å². The molecule has 24 heavy (non-hydrogen) atoms. The highest BCUT2D eigenvalue weighted by atomic mass is 35.5. The first-order valence-corrected chi connectivity index (χ1v) is 7.77. The monoisotopic (exact) mass is 344 g/mol. The van der Waals surface area contributed by atoms with Crippen LogP contribution in [0.25, 0.3) is 0 Å². The lowest BCUT2D eigenvalue weighted by Gasteiger charge is -2.20. The minimum Gasteiger partial charge on any atom is -0.464 e. The van der Waals surface area contributed by atoms with Crippen LogP contribution in [0.4, 0.5) is 16.2 Å². The number of furan rings is 1. The molecule has 0 aliphatic rings. The molecule has 124 valence electrons. The number of carbonyl (C=O) groups excluding carboxylic acids is 1. The molecule has 0 unspecified atom stereocenters. The summed E-state index contributed by atoms with van der Waals surface area (Å²) in [5.41, 5.74) is 1.34. The van der Waals surface area contributed by atoms with E-state index < -0.39 is 0 Å². The molecule has 2 heterocycles. The van der Waals surface area contributed by atoms with E-state index in [0.29, 0.717) is 28.7 Å². The maximum absolute atomic E-state index is 12.7. The molecule has 6 nitrogen and oxygen atoms in total. The number of amides is 2. The standard InChI is InChI=1S/C17H17ClN4O2/c1-12-3-8-16(24-12)11-22(15-9-19-21(2)10-15)17(23)20-14-6-4-13(18)5-7-14/h3-10H,11H2,1-2H3,(H,20,23). The fourth-order valence-electron chi connectivity index (χ4n) is 2.28. The van der Waals surface area contributed by atoms with Crippen molar-refractivity contribution in [2.24, 2.45) is 7.05 Å². The third-order valence-corrected chi connectivity index (χ3v) is 3.71. The zero-order valence-corrected chi connectivity index (χ0v) is 14.1. The van der Waals surface area contributed by atoms with Gasteiger partial charge in [-0.1, -0.05) is 11.6 Å². The molecule has 2 amide bonds. The predicted molar refractivity (Wildman–Crippen MR) is 93.3 cm³/mol. The number of hydrogen-bond acceptors (Lipinski definition) is 3. The van der Waals surface area contributed by atoms with E-state index in [-0.39, 0.29) is 6.03 Å². The molecule has 0 aliphatic carbocycles. The minimum absolute atomic E-state index is 0.278. The Morgan fingerprint density at radius 2 is 2.04 bits per heavy atom. The van der Waals surface area contributed by atoms with E-state index in [1.165, 1.54) is 0 Å². The van der Waals surface area contributed by atoms with Crippen molar-refractivity contribution in [3.63, 3.8) is 0 Å². The van der Waals surface area contributed by atoms with Crippen LogP contribution in [0.15, 0.2) is 53.2 Å². The molecule has 1 aromatic carbocycles. The average Bonchev–Trinajstić information content (AvgIpc) is 3.15. The van der Waals surface area contributed by atoms with Gasteiger partial charge in [0.25, 0.3) is 0 Å². The van der Waals surface area contributed by atoms with E-state index in [0.717, 1.165) is 5.76 Å². The molecule has 3 aromatic rings. The molecule has 1 N–H and O–H groups in total. The van der Waals surface area contributed by atoms with Gasteiger partial charge in [0.05, 0.1) is 18.4 Å². The number of aryl methyl sites for hydroxylation is 2. The van der Waals surface area contributed by atoms with Crippen molar-refractivity contribution < 1.29 is 9.21 Å². The number of nitrogens with zero attached hydrogens (tertiary/aromatic N) is 3. The maximum atomic E-state index is 12.7. The zero-order valence-electron chi connectivity index (χ0n) is 13.4. The SMILES string of the molecule is Cc1ccc(CN(C(=O)Nc2ccc(Cl)cc2)c2cnn(C)c2)o1. The second-order valence-corrected chi connectivity index (χ2v) is 5.84. The van der Waals surface area contributed by atoms with Gasteiger partial charge in [-0.15, -0.1) is 0 Å². The Balaban J connectivity index is 1.82. The number of carbonyl (C=O) groups is 1. The molecule has 2 aromatic heterocycles. The Morgan fingerprint density at radius 1 is 1.29 bits per heavy atom. The molecule has 0 bridgehead atoms. The summed E-state index contributed by atoms with van der Waals surface area (Å²) < 4.78 is 7.24. The molecule has 7 heteroatoms. The summed E-state index contributed by atoms with van der Waals surface area (Å²) in [6.45, 7) is 2.17. The van der Waals surface area contributed by atoms with Gasteiger partial charge in [-0.2, -0.15) is 5.10 Å². The molecule has 0 radical (unpaired) electrons. The van der Waals surface area contributed by atoms with E-state index in [4.69, 9.17) is 16.0 Å². The van der Waals surface area contributed by atoms with E-state index in [1.54, 1.807) is 53.3 Å². The Bertz CT molecular complexity index is 838. The van der Waals surface area contributed by atoms with Crippen molar-refractivity contribution >= 4 is 29.0 Å². The quantitative estimate of drug-likeness (QED) is 0.771. The van der Waals surface area contributed by atoms with Crippen LogP contribution >= 0.6 is 11.6 Å². The van der Waals surface area contributed by atoms with Crippen LogP contribution in [-0.2, 0) is 13.6 Å². The van der Waals surface area contributed by atoms with Gasteiger partial charge in [0.1, 0.15) is 11.5 Å². The molecule has 0 saturated carbocycles. The lowest BCUT2D eigenvalue weighted by Crippen LogP contribution is -2.34. The van der Waals surface area contributed by atoms with Crippen LogP contribution in [0.3, 0.4) is 0 Å². The van der Waals surface area contributed by atoms with Crippen LogP contribution < -0.4 is 10.2 Å². The first-order chi connectivity index (χ1) is 11.5. The van der Waals surface area contributed by atoms with E-state index >= 15 is 0 Å². The predicted octanol–water partition coefficient (Wildman–Crippen LogP) is 4.21. The largest absolute Gasteiger partial charge is 0.464 e. The summed E-state index contributed by atoms with van der Waals surface area (Å²) in [6.07, 6.45) is 3.41. The average molecular weight is 345 g/mol. The topological polar surface area (TPSA) is 63.3 Å². The van der Waals surface area contributed by atoms with Gasteiger partial charge in [-0.3, -0.25) is 9.58 Å². The van der Waals surface area contributed by atoms with Gasteiger partial charge in [0.15, 0.2) is 0 Å². The smallest absolute Gasteiger partial charge is 0.326 e. The van der Waals surface area contributed by atoms with Gasteiger partial charge in [0, 0.05) is 24.0 Å². The summed E-state index contributed by atoms with van der Waals surface area (Å²) in [4.78, 5) is 14.3. The molecule has 0 fully saturated rings. The molecular weight excluding hydrogens is 328 g/mol. The lowest BCUT2D eigenvalue weighted by atomic mass is 10.3. The van der Waals surface area contributed by atoms with Crippen molar-refractivity contribution in [3.05, 3.63) is 65.3 Å². The summed E-state index contributed by atoms with van der Waals surface area (Å²) >= 11 is 5.87. The van der Waals surface area contributed by atoms with Crippen molar-refractivity contribution in [2.75, 3.05) is 10.2 Å². The highest BCUT2D eigenvalue weighted by Crippen LogP contribution is 2.20. The molecule has 0 atom stereocenters. The minimum atomic E-state index is -0.278. The van der Waals surface area contributed by atoms with Crippen molar-refractivity contribution in [2.45, 2.75) is 13.5 Å². The Hall–Kier alpha value is -2.73. The molecule has 3 rings (SSSR count). The van der Waals surface area contributed by atoms with Crippen molar-refractivity contribution in [3.8, 4) is 0 Å². The molecule has 0 saturated heterocycles. The van der Waals surface area contributed by atoms with Crippen LogP contribution in [-0.4, -0.2) is 15.8 Å². The summed E-state index contributed by atoms with van der Waals surface area (Å²) in [5, 5.41) is 7.60. The van der Waals surface area contributed by atoms with Crippen molar-refractivity contribution in [1.29, 1.82) is 0 Å². The molecular formula is C17H17ClN4O2. The zero-order chi connectivity index (χ0) is 17.1. The van der Waals surface area contributed by atoms with E-state index in [9.17, 15) is 4.79 Å². The summed E-state index contributed by atoms with van der Waals surface area (Å²) in [7, 11) is 1.80.